The number of nitrogens with two attached hydrogens (primary N) is 1. The summed E-state index contributed by atoms with van der Waals surface area (Å²) in [5.41, 5.74) is 7.39. The van der Waals surface area contributed by atoms with Gasteiger partial charge in [-0.2, -0.15) is 13.2 Å². The maximum atomic E-state index is 12.1. The third-order valence-electron chi connectivity index (χ3n) is 3.78. The Morgan fingerprint density at radius 1 is 1.07 bits per heavy atom. The van der Waals surface area contributed by atoms with Gasteiger partial charge in [0, 0.05) is 18.2 Å². The summed E-state index contributed by atoms with van der Waals surface area (Å²) in [6, 6.07) is 11.6. The molecule has 1 aliphatic rings. The van der Waals surface area contributed by atoms with Crippen molar-refractivity contribution in [1.82, 2.24) is 0 Å². The first-order valence-electron chi connectivity index (χ1n) is 8.64. The second-order valence-electron chi connectivity index (χ2n) is 6.09. The van der Waals surface area contributed by atoms with E-state index in [9.17, 15) is 13.2 Å². The van der Waals surface area contributed by atoms with Gasteiger partial charge in [-0.1, -0.05) is 12.1 Å². The van der Waals surface area contributed by atoms with Crippen LogP contribution >= 0.6 is 0 Å². The van der Waals surface area contributed by atoms with Gasteiger partial charge in [-0.3, -0.25) is 0 Å². The van der Waals surface area contributed by atoms with Crippen molar-refractivity contribution in [3.8, 4) is 17.2 Å². The Morgan fingerprint density at radius 2 is 1.79 bits per heavy atom. The van der Waals surface area contributed by atoms with Crippen LogP contribution in [0.4, 0.5) is 18.9 Å². The molecule has 150 valence electrons. The molecule has 0 fully saturated rings. The number of anilines is 1. The lowest BCUT2D eigenvalue weighted by atomic mass is 10.2. The fraction of sp³-hybridized carbons (Fsp3) is 0.316. The van der Waals surface area contributed by atoms with Crippen LogP contribution in [0.1, 0.15) is 12.0 Å². The van der Waals surface area contributed by atoms with Gasteiger partial charge in [0.05, 0.1) is 19.8 Å². The third kappa shape index (κ3) is 5.97. The Hall–Kier alpha value is -3.10. The molecule has 0 unspecified atom stereocenters. The number of hydrogen-bond acceptors (Lipinski definition) is 4. The molecule has 0 saturated heterocycles. The zero-order chi connectivity index (χ0) is 20.0. The highest BCUT2D eigenvalue weighted by molar-refractivity contribution is 5.92. The molecule has 0 amide bonds. The van der Waals surface area contributed by atoms with Crippen molar-refractivity contribution >= 4 is 11.6 Å². The molecule has 3 rings (SSSR count). The molecule has 0 saturated carbocycles. The average Bonchev–Trinajstić information content (AvgIpc) is 2.90. The van der Waals surface area contributed by atoms with E-state index in [4.69, 9.17) is 15.2 Å². The standard InChI is InChI=1S/C19H20F3N3O3/c20-19(21,22)12-28-15-5-2-13(3-6-15)11-24-18(23)25-14-4-7-16-17(10-14)27-9-1-8-26-16/h2-7,10H,1,8-9,11-12H2,(H3,23,24,25). The number of alkyl halides is 3. The predicted molar refractivity (Wildman–Crippen MR) is 99.0 cm³/mol. The van der Waals surface area contributed by atoms with Gasteiger partial charge in [-0.05, 0) is 29.8 Å². The quantitative estimate of drug-likeness (QED) is 0.596. The first-order valence-corrected chi connectivity index (χ1v) is 8.64. The lowest BCUT2D eigenvalue weighted by Crippen LogP contribution is -2.22. The molecule has 0 aromatic heterocycles. The molecule has 1 heterocycles. The molecular formula is C19H20F3N3O3. The molecule has 0 atom stereocenters. The summed E-state index contributed by atoms with van der Waals surface area (Å²) >= 11 is 0. The summed E-state index contributed by atoms with van der Waals surface area (Å²) in [4.78, 5) is 4.23. The zero-order valence-electron chi connectivity index (χ0n) is 15.0. The fourth-order valence-electron chi connectivity index (χ4n) is 2.46. The van der Waals surface area contributed by atoms with E-state index in [0.29, 0.717) is 30.4 Å². The second kappa shape index (κ2) is 8.73. The molecule has 0 aliphatic carbocycles. The van der Waals surface area contributed by atoms with E-state index in [1.165, 1.54) is 12.1 Å². The van der Waals surface area contributed by atoms with Crippen molar-refractivity contribution in [2.24, 2.45) is 10.7 Å². The Labute approximate surface area is 160 Å². The molecule has 0 spiro atoms. The minimum Gasteiger partial charge on any atom is -0.490 e. The maximum absolute atomic E-state index is 12.1. The number of ether oxygens (including phenoxy) is 3. The van der Waals surface area contributed by atoms with Crippen molar-refractivity contribution in [3.63, 3.8) is 0 Å². The number of fused-ring (bicyclic) bond motifs is 1. The van der Waals surface area contributed by atoms with Gasteiger partial charge in [0.2, 0.25) is 0 Å². The minimum atomic E-state index is -4.37. The van der Waals surface area contributed by atoms with Gasteiger partial charge < -0.3 is 25.3 Å². The van der Waals surface area contributed by atoms with Crippen LogP contribution in [0.5, 0.6) is 17.2 Å². The largest absolute Gasteiger partial charge is 0.490 e. The van der Waals surface area contributed by atoms with Crippen LogP contribution in [0.2, 0.25) is 0 Å². The van der Waals surface area contributed by atoms with Crippen LogP contribution in [0.3, 0.4) is 0 Å². The highest BCUT2D eigenvalue weighted by atomic mass is 19.4. The van der Waals surface area contributed by atoms with E-state index >= 15 is 0 Å². The lowest BCUT2D eigenvalue weighted by molar-refractivity contribution is -0.153. The highest BCUT2D eigenvalue weighted by Gasteiger charge is 2.28. The van der Waals surface area contributed by atoms with E-state index in [2.05, 4.69) is 15.0 Å². The zero-order valence-corrected chi connectivity index (χ0v) is 15.0. The SMILES string of the molecule is NC(=NCc1ccc(OCC(F)(F)F)cc1)Nc1ccc2c(c1)OCCCO2. The van der Waals surface area contributed by atoms with Gasteiger partial charge in [0.1, 0.15) is 5.75 Å². The third-order valence-corrected chi connectivity index (χ3v) is 3.78. The van der Waals surface area contributed by atoms with Gasteiger partial charge in [0.25, 0.3) is 0 Å². The Bertz CT molecular complexity index is 823. The molecular weight excluding hydrogens is 375 g/mol. The van der Waals surface area contributed by atoms with E-state index in [-0.39, 0.29) is 18.3 Å². The van der Waals surface area contributed by atoms with Crippen molar-refractivity contribution in [2.45, 2.75) is 19.1 Å². The van der Waals surface area contributed by atoms with E-state index in [1.54, 1.807) is 24.3 Å². The number of rotatable bonds is 5. The van der Waals surface area contributed by atoms with Crippen molar-refractivity contribution in [3.05, 3.63) is 48.0 Å². The number of guanidine groups is 1. The van der Waals surface area contributed by atoms with Gasteiger partial charge in [-0.15, -0.1) is 0 Å². The topological polar surface area (TPSA) is 78.1 Å². The summed E-state index contributed by atoms with van der Waals surface area (Å²) in [5.74, 6) is 1.67. The molecule has 6 nitrogen and oxygen atoms in total. The molecule has 2 aromatic carbocycles. The normalized spacial score (nSPS) is 14.3. The van der Waals surface area contributed by atoms with E-state index < -0.39 is 12.8 Å². The van der Waals surface area contributed by atoms with Crippen molar-refractivity contribution in [2.75, 3.05) is 25.1 Å². The molecule has 0 radical (unpaired) electrons. The summed E-state index contributed by atoms with van der Waals surface area (Å²) in [5, 5.41) is 2.97. The Kier molecular flexibility index (Phi) is 6.13. The average molecular weight is 395 g/mol. The summed E-state index contributed by atoms with van der Waals surface area (Å²) in [6.07, 6.45) is -3.54. The summed E-state index contributed by atoms with van der Waals surface area (Å²) < 4.78 is 52.3. The monoisotopic (exact) mass is 395 g/mol. The van der Waals surface area contributed by atoms with E-state index in [0.717, 1.165) is 12.0 Å². The number of benzene rings is 2. The summed E-state index contributed by atoms with van der Waals surface area (Å²) in [6.45, 7) is 0.145. The van der Waals surface area contributed by atoms with Gasteiger partial charge in [0.15, 0.2) is 24.1 Å². The number of nitrogens with zero attached hydrogens (tertiary/aromatic N) is 1. The number of aliphatic imine (C=N–C) groups is 1. The van der Waals surface area contributed by atoms with Crippen LogP contribution in [0.25, 0.3) is 0 Å². The smallest absolute Gasteiger partial charge is 0.422 e. The first-order chi connectivity index (χ1) is 13.4. The molecule has 28 heavy (non-hydrogen) atoms. The van der Waals surface area contributed by atoms with Crippen LogP contribution in [0, 0.1) is 0 Å². The van der Waals surface area contributed by atoms with Gasteiger partial charge >= 0.3 is 6.18 Å². The van der Waals surface area contributed by atoms with E-state index in [1.807, 2.05) is 6.07 Å². The van der Waals surface area contributed by atoms with Crippen LogP contribution in [0.15, 0.2) is 47.5 Å². The molecule has 2 aromatic rings. The lowest BCUT2D eigenvalue weighted by Gasteiger charge is -2.11. The molecule has 9 heteroatoms. The maximum Gasteiger partial charge on any atom is 0.422 e. The Morgan fingerprint density at radius 3 is 2.50 bits per heavy atom. The highest BCUT2D eigenvalue weighted by Crippen LogP contribution is 2.32. The Balaban J connectivity index is 1.55. The number of hydrogen-bond donors (Lipinski definition) is 2. The van der Waals surface area contributed by atoms with Crippen LogP contribution in [-0.4, -0.2) is 32.0 Å². The summed E-state index contributed by atoms with van der Waals surface area (Å²) in [7, 11) is 0. The predicted octanol–water partition coefficient (Wildman–Crippen LogP) is 3.72. The second-order valence-corrected chi connectivity index (χ2v) is 6.09. The van der Waals surface area contributed by atoms with Crippen LogP contribution < -0.4 is 25.3 Å². The fourth-order valence-corrected chi connectivity index (χ4v) is 2.46. The minimum absolute atomic E-state index is 0.142. The molecule has 1 aliphatic heterocycles. The van der Waals surface area contributed by atoms with Gasteiger partial charge in [-0.25, -0.2) is 4.99 Å². The number of halogens is 3. The van der Waals surface area contributed by atoms with Crippen LogP contribution in [-0.2, 0) is 6.54 Å². The number of nitrogens with one attached hydrogen (secondary N) is 1. The van der Waals surface area contributed by atoms with Crippen molar-refractivity contribution < 1.29 is 27.4 Å². The molecule has 3 N–H and O–H groups in total. The van der Waals surface area contributed by atoms with Crippen molar-refractivity contribution in [1.29, 1.82) is 0 Å². The first kappa shape index (κ1) is 19.7. The molecule has 0 bridgehead atoms.